The number of nitrogens with one attached hydrogen (secondary N) is 2. The Morgan fingerprint density at radius 3 is 2.84 bits per heavy atom. The number of amides is 1. The van der Waals surface area contributed by atoms with Crippen LogP contribution in [0.3, 0.4) is 0 Å². The Balaban J connectivity index is 1.98. The number of nitrogens with zero attached hydrogens (tertiary/aromatic N) is 3. The van der Waals surface area contributed by atoms with Gasteiger partial charge < -0.3 is 20.4 Å². The minimum absolute atomic E-state index is 0.0192. The number of likely N-dealkylation sites (N-methyl/N-ethyl adjacent to an activating group) is 1. The van der Waals surface area contributed by atoms with Crippen LogP contribution in [0.2, 0.25) is 0 Å². The van der Waals surface area contributed by atoms with Crippen LogP contribution in [0.5, 0.6) is 0 Å². The van der Waals surface area contributed by atoms with Gasteiger partial charge in [-0.25, -0.2) is 4.99 Å². The van der Waals surface area contributed by atoms with Crippen LogP contribution in [0.1, 0.15) is 12.8 Å². The van der Waals surface area contributed by atoms with Crippen molar-refractivity contribution in [3.8, 4) is 0 Å². The molecule has 1 amide bonds. The zero-order valence-electron chi connectivity index (χ0n) is 15.2. The van der Waals surface area contributed by atoms with Crippen molar-refractivity contribution in [2.45, 2.75) is 18.9 Å². The molecule has 1 aromatic carbocycles. The SMILES string of the molecule is C=CCNC(=NCC(=O)N(C)C)NC1CCCN(c2ccccc2)C1. The quantitative estimate of drug-likeness (QED) is 0.466. The van der Waals surface area contributed by atoms with Gasteiger partial charge in [-0.3, -0.25) is 4.79 Å². The summed E-state index contributed by atoms with van der Waals surface area (Å²) in [4.78, 5) is 20.1. The van der Waals surface area contributed by atoms with Crippen LogP contribution in [0.15, 0.2) is 48.0 Å². The van der Waals surface area contributed by atoms with E-state index in [-0.39, 0.29) is 12.5 Å². The molecule has 0 aromatic heterocycles. The molecule has 1 saturated heterocycles. The van der Waals surface area contributed by atoms with Crippen LogP contribution in [-0.2, 0) is 4.79 Å². The average molecular weight is 343 g/mol. The van der Waals surface area contributed by atoms with Crippen LogP contribution in [0.4, 0.5) is 5.69 Å². The fourth-order valence-electron chi connectivity index (χ4n) is 2.77. The molecule has 0 saturated carbocycles. The Hall–Kier alpha value is -2.50. The number of guanidine groups is 1. The highest BCUT2D eigenvalue weighted by molar-refractivity contribution is 5.85. The standard InChI is InChI=1S/C19H29N5O/c1-4-12-20-19(21-14-18(25)23(2)3)22-16-9-8-13-24(15-16)17-10-6-5-7-11-17/h4-7,10-11,16H,1,8-9,12-15H2,2-3H3,(H2,20,21,22). The second-order valence-electron chi connectivity index (χ2n) is 6.39. The molecule has 0 radical (unpaired) electrons. The number of rotatable bonds is 6. The van der Waals surface area contributed by atoms with Crippen molar-refractivity contribution in [1.82, 2.24) is 15.5 Å². The molecule has 2 rings (SSSR count). The predicted octanol–water partition coefficient (Wildman–Crippen LogP) is 1.46. The fourth-order valence-corrected chi connectivity index (χ4v) is 2.77. The van der Waals surface area contributed by atoms with Crippen molar-refractivity contribution >= 4 is 17.6 Å². The summed E-state index contributed by atoms with van der Waals surface area (Å²) >= 11 is 0. The van der Waals surface area contributed by atoms with E-state index in [0.29, 0.717) is 18.5 Å². The first-order valence-electron chi connectivity index (χ1n) is 8.76. The normalized spacial score (nSPS) is 17.8. The van der Waals surface area contributed by atoms with E-state index < -0.39 is 0 Å². The highest BCUT2D eigenvalue weighted by atomic mass is 16.2. The van der Waals surface area contributed by atoms with Gasteiger partial charge in [0.1, 0.15) is 6.54 Å². The smallest absolute Gasteiger partial charge is 0.243 e. The third-order valence-corrected chi connectivity index (χ3v) is 4.17. The minimum Gasteiger partial charge on any atom is -0.369 e. The van der Waals surface area contributed by atoms with Crippen LogP contribution in [0.25, 0.3) is 0 Å². The van der Waals surface area contributed by atoms with Crippen LogP contribution in [0, 0.1) is 0 Å². The number of hydrogen-bond donors (Lipinski definition) is 2. The highest BCUT2D eigenvalue weighted by Gasteiger charge is 2.21. The van der Waals surface area contributed by atoms with Gasteiger partial charge in [-0.15, -0.1) is 6.58 Å². The Labute approximate surface area is 150 Å². The molecule has 6 heteroatoms. The van der Waals surface area contributed by atoms with E-state index in [0.717, 1.165) is 25.9 Å². The summed E-state index contributed by atoms with van der Waals surface area (Å²) in [6.07, 6.45) is 3.99. The maximum Gasteiger partial charge on any atom is 0.243 e. The second kappa shape index (κ2) is 9.71. The lowest BCUT2D eigenvalue weighted by Gasteiger charge is -2.35. The molecule has 0 bridgehead atoms. The summed E-state index contributed by atoms with van der Waals surface area (Å²) in [5.74, 6) is 0.643. The summed E-state index contributed by atoms with van der Waals surface area (Å²) in [6, 6.07) is 10.7. The molecule has 0 aliphatic carbocycles. The maximum atomic E-state index is 11.8. The second-order valence-corrected chi connectivity index (χ2v) is 6.39. The van der Waals surface area contributed by atoms with Crippen LogP contribution >= 0.6 is 0 Å². The third-order valence-electron chi connectivity index (χ3n) is 4.17. The molecule has 1 atom stereocenters. The molecule has 1 aromatic rings. The first-order valence-corrected chi connectivity index (χ1v) is 8.76. The molecule has 1 aliphatic rings. The largest absolute Gasteiger partial charge is 0.369 e. The van der Waals surface area contributed by atoms with Gasteiger partial charge in [0.25, 0.3) is 0 Å². The molecule has 25 heavy (non-hydrogen) atoms. The van der Waals surface area contributed by atoms with Gasteiger partial charge >= 0.3 is 0 Å². The number of hydrogen-bond acceptors (Lipinski definition) is 3. The molecular weight excluding hydrogens is 314 g/mol. The van der Waals surface area contributed by atoms with E-state index in [4.69, 9.17) is 0 Å². The van der Waals surface area contributed by atoms with Crippen molar-refractivity contribution in [3.05, 3.63) is 43.0 Å². The number of para-hydroxylation sites is 1. The van der Waals surface area contributed by atoms with Gasteiger partial charge in [0.15, 0.2) is 5.96 Å². The molecule has 0 spiro atoms. The van der Waals surface area contributed by atoms with Gasteiger partial charge in [0.05, 0.1) is 0 Å². The van der Waals surface area contributed by atoms with Crippen molar-refractivity contribution in [2.75, 3.05) is 45.2 Å². The minimum atomic E-state index is -0.0192. The summed E-state index contributed by atoms with van der Waals surface area (Å²) in [7, 11) is 3.47. The number of aliphatic imine (C=N–C) groups is 1. The monoisotopic (exact) mass is 343 g/mol. The first-order chi connectivity index (χ1) is 12.1. The predicted molar refractivity (Wildman–Crippen MR) is 104 cm³/mol. The number of piperidine rings is 1. The summed E-state index contributed by atoms with van der Waals surface area (Å²) in [6.45, 7) is 6.45. The fraction of sp³-hybridized carbons (Fsp3) is 0.474. The van der Waals surface area contributed by atoms with Crippen LogP contribution in [-0.4, -0.2) is 63.1 Å². The van der Waals surface area contributed by atoms with Gasteiger partial charge in [0, 0.05) is 45.5 Å². The Morgan fingerprint density at radius 2 is 2.16 bits per heavy atom. The molecular formula is C19H29N5O. The lowest BCUT2D eigenvalue weighted by atomic mass is 10.1. The van der Waals surface area contributed by atoms with Crippen LogP contribution < -0.4 is 15.5 Å². The number of carbonyl (C=O) groups is 1. The molecule has 1 unspecified atom stereocenters. The van der Waals surface area contributed by atoms with Crippen molar-refractivity contribution < 1.29 is 4.79 Å². The lowest BCUT2D eigenvalue weighted by Crippen LogP contribution is -2.51. The molecule has 1 heterocycles. The average Bonchev–Trinajstić information content (AvgIpc) is 2.64. The number of anilines is 1. The topological polar surface area (TPSA) is 60.0 Å². The van der Waals surface area contributed by atoms with Gasteiger partial charge in [-0.05, 0) is 25.0 Å². The van der Waals surface area contributed by atoms with Crippen molar-refractivity contribution in [3.63, 3.8) is 0 Å². The molecule has 1 fully saturated rings. The zero-order valence-corrected chi connectivity index (χ0v) is 15.2. The maximum absolute atomic E-state index is 11.8. The highest BCUT2D eigenvalue weighted by Crippen LogP contribution is 2.19. The first kappa shape index (κ1) is 18.8. The van der Waals surface area contributed by atoms with E-state index >= 15 is 0 Å². The van der Waals surface area contributed by atoms with Gasteiger partial charge in [0.2, 0.25) is 5.91 Å². The van der Waals surface area contributed by atoms with Gasteiger partial charge in [-0.1, -0.05) is 24.3 Å². The Bertz CT molecular complexity index is 585. The Morgan fingerprint density at radius 1 is 1.40 bits per heavy atom. The summed E-state index contributed by atoms with van der Waals surface area (Å²) < 4.78 is 0. The number of carbonyl (C=O) groups excluding carboxylic acids is 1. The molecule has 136 valence electrons. The van der Waals surface area contributed by atoms with Crippen molar-refractivity contribution in [1.29, 1.82) is 0 Å². The van der Waals surface area contributed by atoms with E-state index in [1.54, 1.807) is 25.1 Å². The van der Waals surface area contributed by atoms with Gasteiger partial charge in [-0.2, -0.15) is 0 Å². The zero-order chi connectivity index (χ0) is 18.1. The molecule has 2 N–H and O–H groups in total. The molecule has 1 aliphatic heterocycles. The lowest BCUT2D eigenvalue weighted by molar-refractivity contribution is -0.127. The summed E-state index contributed by atoms with van der Waals surface area (Å²) in [5.41, 5.74) is 1.24. The third kappa shape index (κ3) is 6.14. The van der Waals surface area contributed by atoms with E-state index in [1.807, 2.05) is 6.07 Å². The van der Waals surface area contributed by atoms with Crippen molar-refractivity contribution in [2.24, 2.45) is 4.99 Å². The van der Waals surface area contributed by atoms with E-state index in [2.05, 4.69) is 51.4 Å². The van der Waals surface area contributed by atoms with E-state index in [9.17, 15) is 4.79 Å². The van der Waals surface area contributed by atoms with E-state index in [1.165, 1.54) is 5.69 Å². The molecule has 6 nitrogen and oxygen atoms in total. The number of benzene rings is 1. The Kier molecular flexibility index (Phi) is 7.32. The summed E-state index contributed by atoms with van der Waals surface area (Å²) in [5, 5.41) is 6.66.